The average molecular weight is 386 g/mol. The summed E-state index contributed by atoms with van der Waals surface area (Å²) in [5.74, 6) is -0.397. The van der Waals surface area contributed by atoms with Crippen molar-refractivity contribution < 1.29 is 14.4 Å². The third-order valence-electron chi connectivity index (χ3n) is 4.23. The number of aryl methyl sites for hydroxylation is 1. The minimum absolute atomic E-state index is 0.160. The zero-order chi connectivity index (χ0) is 20.4. The van der Waals surface area contributed by atoms with Crippen LogP contribution in [0.4, 0.5) is 11.4 Å². The second-order valence-electron chi connectivity index (χ2n) is 6.05. The zero-order valence-corrected chi connectivity index (χ0v) is 15.4. The van der Waals surface area contributed by atoms with Gasteiger partial charge in [0.2, 0.25) is 5.91 Å². The van der Waals surface area contributed by atoms with E-state index in [4.69, 9.17) is 4.84 Å². The summed E-state index contributed by atoms with van der Waals surface area (Å²) in [5, 5.41) is 3.95. The Morgan fingerprint density at radius 1 is 1.29 bits per heavy atom. The van der Waals surface area contributed by atoms with E-state index in [9.17, 15) is 19.2 Å². The van der Waals surface area contributed by atoms with Crippen LogP contribution in [0.2, 0.25) is 0 Å². The van der Waals surface area contributed by atoms with Gasteiger partial charge < -0.3 is 14.7 Å². The number of imidazole rings is 1. The van der Waals surface area contributed by atoms with Gasteiger partial charge in [-0.25, -0.2) is 14.8 Å². The highest BCUT2D eigenvalue weighted by atomic mass is 16.7. The highest BCUT2D eigenvalue weighted by molar-refractivity contribution is 5.91. The van der Waals surface area contributed by atoms with Gasteiger partial charge in [-0.15, -0.1) is 0 Å². The molecule has 146 valence electrons. The standard InChI is InChI=1S/C17H18N6O5/c1-20-15-14(16(26)21(2)17(20)27)23(9-18-15)8-13(25)19-11-5-4-6-12(7-11)22(3)28-10-24/h4-7,9-10H,8H2,1-3H3,(H,19,25). The van der Waals surface area contributed by atoms with Crippen LogP contribution >= 0.6 is 0 Å². The Morgan fingerprint density at radius 2 is 2.04 bits per heavy atom. The topological polar surface area (TPSA) is 120 Å². The summed E-state index contributed by atoms with van der Waals surface area (Å²) in [7, 11) is 4.42. The van der Waals surface area contributed by atoms with Gasteiger partial charge in [-0.05, 0) is 18.2 Å². The molecule has 0 fully saturated rings. The van der Waals surface area contributed by atoms with E-state index in [2.05, 4.69) is 10.3 Å². The van der Waals surface area contributed by atoms with E-state index >= 15 is 0 Å². The molecule has 11 nitrogen and oxygen atoms in total. The molecule has 1 aromatic carbocycles. The minimum Gasteiger partial charge on any atom is -0.344 e. The van der Waals surface area contributed by atoms with Crippen LogP contribution in [-0.2, 0) is 35.1 Å². The smallest absolute Gasteiger partial charge is 0.332 e. The van der Waals surface area contributed by atoms with Gasteiger partial charge in [0.1, 0.15) is 6.54 Å². The van der Waals surface area contributed by atoms with Crippen LogP contribution < -0.4 is 21.6 Å². The molecule has 3 aromatic rings. The number of amides is 1. The summed E-state index contributed by atoms with van der Waals surface area (Å²) in [6, 6.07) is 6.68. The second-order valence-corrected chi connectivity index (χ2v) is 6.05. The summed E-state index contributed by atoms with van der Waals surface area (Å²) >= 11 is 0. The van der Waals surface area contributed by atoms with Gasteiger partial charge in [0.15, 0.2) is 11.2 Å². The molecule has 3 rings (SSSR count). The van der Waals surface area contributed by atoms with E-state index in [1.807, 2.05) is 0 Å². The monoisotopic (exact) mass is 386 g/mol. The molecule has 2 heterocycles. The quantitative estimate of drug-likeness (QED) is 0.452. The number of carbonyl (C=O) groups is 2. The molecule has 1 N–H and O–H groups in total. The van der Waals surface area contributed by atoms with Crippen molar-refractivity contribution in [3.05, 3.63) is 51.4 Å². The van der Waals surface area contributed by atoms with Crippen LogP contribution in [0.25, 0.3) is 11.2 Å². The molecule has 0 atom stereocenters. The Kier molecular flexibility index (Phi) is 4.98. The molecule has 0 aliphatic carbocycles. The van der Waals surface area contributed by atoms with Gasteiger partial charge in [-0.3, -0.25) is 23.5 Å². The fourth-order valence-corrected chi connectivity index (χ4v) is 2.78. The molecule has 2 aromatic heterocycles. The second kappa shape index (κ2) is 7.39. The fourth-order valence-electron chi connectivity index (χ4n) is 2.78. The number of fused-ring (bicyclic) bond motifs is 1. The van der Waals surface area contributed by atoms with E-state index in [0.717, 1.165) is 4.57 Å². The van der Waals surface area contributed by atoms with Gasteiger partial charge in [0, 0.05) is 26.8 Å². The lowest BCUT2D eigenvalue weighted by Crippen LogP contribution is -2.37. The molecule has 0 saturated heterocycles. The lowest BCUT2D eigenvalue weighted by molar-refractivity contribution is -0.129. The maximum absolute atomic E-state index is 12.4. The average Bonchev–Trinajstić information content (AvgIpc) is 3.08. The SMILES string of the molecule is CN(OC=O)c1cccc(NC(=O)Cn2cnc3c2c(=O)n(C)c(=O)n3C)c1. The largest absolute Gasteiger partial charge is 0.344 e. The van der Waals surface area contributed by atoms with Crippen LogP contribution in [0.3, 0.4) is 0 Å². The molecule has 0 bridgehead atoms. The summed E-state index contributed by atoms with van der Waals surface area (Å²) in [6.07, 6.45) is 1.34. The number of anilines is 2. The molecule has 0 spiro atoms. The zero-order valence-electron chi connectivity index (χ0n) is 15.4. The van der Waals surface area contributed by atoms with E-state index in [1.54, 1.807) is 31.3 Å². The first kappa shape index (κ1) is 18.9. The minimum atomic E-state index is -0.530. The lowest BCUT2D eigenvalue weighted by Gasteiger charge is -2.16. The first-order valence-corrected chi connectivity index (χ1v) is 8.18. The van der Waals surface area contributed by atoms with Gasteiger partial charge in [-0.1, -0.05) is 6.07 Å². The van der Waals surface area contributed by atoms with Crippen molar-refractivity contribution in [3.63, 3.8) is 0 Å². The number of hydroxylamine groups is 1. The number of rotatable bonds is 6. The number of aromatic nitrogens is 4. The van der Waals surface area contributed by atoms with Crippen LogP contribution in [-0.4, -0.2) is 38.1 Å². The first-order valence-electron chi connectivity index (χ1n) is 8.18. The highest BCUT2D eigenvalue weighted by Crippen LogP contribution is 2.18. The molecule has 0 saturated carbocycles. The lowest BCUT2D eigenvalue weighted by atomic mass is 10.2. The number of hydrogen-bond acceptors (Lipinski definition) is 7. The Labute approximate surface area is 158 Å². The van der Waals surface area contributed by atoms with Crippen molar-refractivity contribution in [1.29, 1.82) is 0 Å². The Hall–Kier alpha value is -3.89. The van der Waals surface area contributed by atoms with Crippen molar-refractivity contribution in [2.75, 3.05) is 17.4 Å². The van der Waals surface area contributed by atoms with E-state index in [0.29, 0.717) is 17.8 Å². The Bertz CT molecular complexity index is 1170. The van der Waals surface area contributed by atoms with Crippen LogP contribution in [0, 0.1) is 0 Å². The fraction of sp³-hybridized carbons (Fsp3) is 0.235. The van der Waals surface area contributed by atoms with Crippen molar-refractivity contribution >= 4 is 34.9 Å². The third kappa shape index (κ3) is 3.37. The van der Waals surface area contributed by atoms with Crippen molar-refractivity contribution in [2.24, 2.45) is 14.1 Å². The summed E-state index contributed by atoms with van der Waals surface area (Å²) in [6.45, 7) is 0.123. The third-order valence-corrected chi connectivity index (χ3v) is 4.23. The predicted octanol–water partition coefficient (Wildman–Crippen LogP) is -0.403. The first-order chi connectivity index (χ1) is 13.3. The Balaban J connectivity index is 1.85. The predicted molar refractivity (Wildman–Crippen MR) is 101 cm³/mol. The number of nitrogens with zero attached hydrogens (tertiary/aromatic N) is 5. The van der Waals surface area contributed by atoms with E-state index in [-0.39, 0.29) is 17.7 Å². The highest BCUT2D eigenvalue weighted by Gasteiger charge is 2.16. The normalized spacial score (nSPS) is 10.7. The molecule has 1 amide bonds. The van der Waals surface area contributed by atoms with Crippen LogP contribution in [0.15, 0.2) is 40.2 Å². The maximum Gasteiger partial charge on any atom is 0.332 e. The Morgan fingerprint density at radius 3 is 2.75 bits per heavy atom. The molecular weight excluding hydrogens is 368 g/mol. The van der Waals surface area contributed by atoms with E-state index < -0.39 is 17.2 Å². The number of benzene rings is 1. The molecule has 0 unspecified atom stereocenters. The van der Waals surface area contributed by atoms with Crippen molar-refractivity contribution in [3.8, 4) is 0 Å². The van der Waals surface area contributed by atoms with Gasteiger partial charge in [0.05, 0.1) is 12.0 Å². The van der Waals surface area contributed by atoms with Crippen molar-refractivity contribution in [1.82, 2.24) is 18.7 Å². The van der Waals surface area contributed by atoms with Gasteiger partial charge in [0.25, 0.3) is 5.56 Å². The van der Waals surface area contributed by atoms with Crippen LogP contribution in [0.1, 0.15) is 0 Å². The summed E-state index contributed by atoms with van der Waals surface area (Å²) in [4.78, 5) is 56.1. The molecule has 28 heavy (non-hydrogen) atoms. The molecule has 0 aliphatic heterocycles. The van der Waals surface area contributed by atoms with Gasteiger partial charge >= 0.3 is 12.2 Å². The summed E-state index contributed by atoms with van der Waals surface area (Å²) < 4.78 is 3.60. The molecule has 0 aliphatic rings. The molecule has 11 heteroatoms. The van der Waals surface area contributed by atoms with Crippen LogP contribution in [0.5, 0.6) is 0 Å². The number of carbonyl (C=O) groups excluding carboxylic acids is 2. The molecular formula is C17H18N6O5. The van der Waals surface area contributed by atoms with E-state index in [1.165, 1.54) is 34.6 Å². The molecule has 0 radical (unpaired) electrons. The number of nitrogens with one attached hydrogen (secondary N) is 1. The summed E-state index contributed by atoms with van der Waals surface area (Å²) in [5.41, 5.74) is 0.377. The van der Waals surface area contributed by atoms with Crippen molar-refractivity contribution in [2.45, 2.75) is 6.54 Å². The maximum atomic E-state index is 12.4. The number of hydrogen-bond donors (Lipinski definition) is 1. The van der Waals surface area contributed by atoms with Gasteiger partial charge in [-0.2, -0.15) is 0 Å².